The van der Waals surface area contributed by atoms with Crippen LogP contribution in [0.1, 0.15) is 23.3 Å². The summed E-state index contributed by atoms with van der Waals surface area (Å²) >= 11 is 1.73. The summed E-state index contributed by atoms with van der Waals surface area (Å²) in [5.41, 5.74) is 0.361. The largest absolute Gasteiger partial charge is 0.356 e. The number of benzene rings is 1. The van der Waals surface area contributed by atoms with E-state index in [1.807, 2.05) is 6.07 Å². The minimum Gasteiger partial charge on any atom is -0.356 e. The van der Waals surface area contributed by atoms with Crippen molar-refractivity contribution >= 4 is 41.3 Å². The van der Waals surface area contributed by atoms with Crippen LogP contribution >= 0.6 is 35.3 Å². The second-order valence-electron chi connectivity index (χ2n) is 5.26. The van der Waals surface area contributed by atoms with Gasteiger partial charge in [0, 0.05) is 30.9 Å². The molecule has 0 saturated carbocycles. The van der Waals surface area contributed by atoms with E-state index in [0.29, 0.717) is 30.4 Å². The van der Waals surface area contributed by atoms with Gasteiger partial charge < -0.3 is 10.6 Å². The summed E-state index contributed by atoms with van der Waals surface area (Å²) in [7, 11) is 1.69. The zero-order valence-corrected chi connectivity index (χ0v) is 16.8. The van der Waals surface area contributed by atoms with Crippen molar-refractivity contribution in [3.05, 3.63) is 57.8 Å². The van der Waals surface area contributed by atoms with Crippen molar-refractivity contribution in [3.8, 4) is 0 Å². The average Bonchev–Trinajstić information content (AvgIpc) is 3.08. The molecule has 0 amide bonds. The van der Waals surface area contributed by atoms with Gasteiger partial charge in [0.15, 0.2) is 17.6 Å². The predicted octanol–water partition coefficient (Wildman–Crippen LogP) is 4.16. The van der Waals surface area contributed by atoms with E-state index in [0.717, 1.165) is 12.6 Å². The molecule has 1 unspecified atom stereocenters. The molecule has 0 aliphatic carbocycles. The van der Waals surface area contributed by atoms with Crippen LogP contribution in [-0.4, -0.2) is 26.1 Å². The Labute approximate surface area is 162 Å². The zero-order chi connectivity index (χ0) is 16.7. The van der Waals surface area contributed by atoms with Crippen LogP contribution in [0.4, 0.5) is 8.78 Å². The Morgan fingerprint density at radius 3 is 2.67 bits per heavy atom. The standard InChI is InChI=1S/C17H21F2N3S.HI/c1-12(15-7-4-10-23-15)11-22-17(20-2)21-9-8-13-5-3-6-14(18)16(13)19;/h3-7,10,12H,8-9,11H2,1-2H3,(H2,20,21,22);1H. The fourth-order valence-electron chi connectivity index (χ4n) is 2.20. The molecule has 1 heterocycles. The van der Waals surface area contributed by atoms with Crippen LogP contribution in [0.5, 0.6) is 0 Å². The molecule has 0 spiro atoms. The van der Waals surface area contributed by atoms with E-state index in [-0.39, 0.29) is 24.0 Å². The summed E-state index contributed by atoms with van der Waals surface area (Å²) in [6, 6.07) is 8.38. The first-order valence-corrected chi connectivity index (χ1v) is 8.40. The van der Waals surface area contributed by atoms with E-state index in [2.05, 4.69) is 34.0 Å². The van der Waals surface area contributed by atoms with Crippen molar-refractivity contribution in [2.75, 3.05) is 20.1 Å². The summed E-state index contributed by atoms with van der Waals surface area (Å²) in [6.07, 6.45) is 0.394. The molecule has 1 aromatic heterocycles. The Bertz CT molecular complexity index is 647. The molecule has 0 aliphatic rings. The maximum absolute atomic E-state index is 13.6. The smallest absolute Gasteiger partial charge is 0.191 e. The van der Waals surface area contributed by atoms with E-state index >= 15 is 0 Å². The lowest BCUT2D eigenvalue weighted by atomic mass is 10.1. The van der Waals surface area contributed by atoms with Gasteiger partial charge in [-0.2, -0.15) is 0 Å². The van der Waals surface area contributed by atoms with Crippen molar-refractivity contribution in [2.24, 2.45) is 4.99 Å². The summed E-state index contributed by atoms with van der Waals surface area (Å²) < 4.78 is 26.7. The van der Waals surface area contributed by atoms with Crippen LogP contribution in [0, 0.1) is 11.6 Å². The van der Waals surface area contributed by atoms with Gasteiger partial charge in [-0.25, -0.2) is 8.78 Å². The summed E-state index contributed by atoms with van der Waals surface area (Å²) in [4.78, 5) is 5.46. The fourth-order valence-corrected chi connectivity index (χ4v) is 2.99. The van der Waals surface area contributed by atoms with E-state index in [1.54, 1.807) is 24.5 Å². The Morgan fingerprint density at radius 1 is 1.21 bits per heavy atom. The van der Waals surface area contributed by atoms with Crippen LogP contribution in [0.25, 0.3) is 0 Å². The van der Waals surface area contributed by atoms with E-state index < -0.39 is 11.6 Å². The van der Waals surface area contributed by atoms with Gasteiger partial charge in [0.05, 0.1) is 0 Å². The number of nitrogens with zero attached hydrogens (tertiary/aromatic N) is 1. The molecule has 2 rings (SSSR count). The molecule has 0 bridgehead atoms. The van der Waals surface area contributed by atoms with Crippen LogP contribution < -0.4 is 10.6 Å². The van der Waals surface area contributed by atoms with E-state index in [9.17, 15) is 8.78 Å². The Balaban J connectivity index is 0.00000288. The summed E-state index contributed by atoms with van der Waals surface area (Å²) in [6.45, 7) is 3.39. The van der Waals surface area contributed by atoms with Gasteiger partial charge in [-0.3, -0.25) is 4.99 Å². The molecule has 2 N–H and O–H groups in total. The van der Waals surface area contributed by atoms with Gasteiger partial charge in [-0.05, 0) is 29.5 Å². The molecule has 132 valence electrons. The number of guanidine groups is 1. The van der Waals surface area contributed by atoms with Crippen molar-refractivity contribution < 1.29 is 8.78 Å². The second kappa shape index (κ2) is 10.6. The lowest BCUT2D eigenvalue weighted by Crippen LogP contribution is -2.39. The van der Waals surface area contributed by atoms with Gasteiger partial charge in [0.1, 0.15) is 0 Å². The van der Waals surface area contributed by atoms with E-state index in [4.69, 9.17) is 0 Å². The third-order valence-corrected chi connectivity index (χ3v) is 4.65. The summed E-state index contributed by atoms with van der Waals surface area (Å²) in [5, 5.41) is 8.43. The molecule has 1 atom stereocenters. The Morgan fingerprint density at radius 2 is 2.00 bits per heavy atom. The van der Waals surface area contributed by atoms with Gasteiger partial charge in [0.2, 0.25) is 0 Å². The maximum atomic E-state index is 13.6. The van der Waals surface area contributed by atoms with Crippen LogP contribution in [-0.2, 0) is 6.42 Å². The van der Waals surface area contributed by atoms with Crippen molar-refractivity contribution in [2.45, 2.75) is 19.3 Å². The van der Waals surface area contributed by atoms with Crippen LogP contribution in [0.15, 0.2) is 40.7 Å². The third kappa shape index (κ3) is 6.01. The molecule has 24 heavy (non-hydrogen) atoms. The SMILES string of the molecule is CN=C(NCCc1cccc(F)c1F)NCC(C)c1cccs1.I. The Kier molecular flexibility index (Phi) is 9.20. The molecule has 0 aliphatic heterocycles. The summed E-state index contributed by atoms with van der Waals surface area (Å²) in [5.74, 6) is -0.544. The zero-order valence-electron chi connectivity index (χ0n) is 13.7. The molecule has 7 heteroatoms. The van der Waals surface area contributed by atoms with Crippen molar-refractivity contribution in [1.82, 2.24) is 10.6 Å². The van der Waals surface area contributed by atoms with Gasteiger partial charge in [-0.1, -0.05) is 25.1 Å². The molecule has 1 aromatic carbocycles. The monoisotopic (exact) mass is 465 g/mol. The number of hydrogen-bond acceptors (Lipinski definition) is 2. The highest BCUT2D eigenvalue weighted by atomic mass is 127. The number of rotatable bonds is 6. The molecule has 3 nitrogen and oxygen atoms in total. The average molecular weight is 465 g/mol. The van der Waals surface area contributed by atoms with E-state index in [1.165, 1.54) is 10.9 Å². The van der Waals surface area contributed by atoms with Crippen molar-refractivity contribution in [1.29, 1.82) is 0 Å². The lowest BCUT2D eigenvalue weighted by molar-refractivity contribution is 0.498. The highest BCUT2D eigenvalue weighted by Gasteiger charge is 2.09. The Hall–Kier alpha value is -1.22. The van der Waals surface area contributed by atoms with Crippen LogP contribution in [0.3, 0.4) is 0 Å². The predicted molar refractivity (Wildman–Crippen MR) is 108 cm³/mol. The van der Waals surface area contributed by atoms with Crippen LogP contribution in [0.2, 0.25) is 0 Å². The third-order valence-electron chi connectivity index (χ3n) is 3.55. The highest BCUT2D eigenvalue weighted by Crippen LogP contribution is 2.19. The van der Waals surface area contributed by atoms with Crippen molar-refractivity contribution in [3.63, 3.8) is 0 Å². The fraction of sp³-hybridized carbons (Fsp3) is 0.353. The minimum absolute atomic E-state index is 0. The highest BCUT2D eigenvalue weighted by molar-refractivity contribution is 14.0. The first-order chi connectivity index (χ1) is 11.1. The topological polar surface area (TPSA) is 36.4 Å². The number of hydrogen-bond donors (Lipinski definition) is 2. The molecule has 2 aromatic rings. The minimum atomic E-state index is -0.810. The van der Waals surface area contributed by atoms with Gasteiger partial charge in [0.25, 0.3) is 0 Å². The number of aliphatic imine (C=N–C) groups is 1. The normalized spacial score (nSPS) is 12.4. The lowest BCUT2D eigenvalue weighted by Gasteiger charge is -2.15. The number of nitrogens with one attached hydrogen (secondary N) is 2. The van der Waals surface area contributed by atoms with Gasteiger partial charge >= 0.3 is 0 Å². The quantitative estimate of drug-likeness (QED) is 0.382. The van der Waals surface area contributed by atoms with Gasteiger partial charge in [-0.15, -0.1) is 35.3 Å². The molecule has 0 fully saturated rings. The second-order valence-corrected chi connectivity index (χ2v) is 6.24. The maximum Gasteiger partial charge on any atom is 0.191 e. The number of thiophene rings is 1. The first kappa shape index (κ1) is 20.8. The number of halogens is 3. The first-order valence-electron chi connectivity index (χ1n) is 7.52. The molecule has 0 saturated heterocycles. The molecule has 0 radical (unpaired) electrons. The molecular weight excluding hydrogens is 443 g/mol. The molecular formula is C17H22F2IN3S.